The summed E-state index contributed by atoms with van der Waals surface area (Å²) in [5.74, 6) is 0.303. The third-order valence-corrected chi connectivity index (χ3v) is 4.91. The number of piperidine rings is 1. The van der Waals surface area contributed by atoms with Crippen molar-refractivity contribution in [3.05, 3.63) is 58.3 Å². The Kier molecular flexibility index (Phi) is 5.59. The topological polar surface area (TPSA) is 45.2 Å². The second-order valence-corrected chi connectivity index (χ2v) is 6.82. The van der Waals surface area contributed by atoms with Gasteiger partial charge in [-0.25, -0.2) is 0 Å². The van der Waals surface area contributed by atoms with Crippen LogP contribution in [0.4, 0.5) is 5.69 Å². The summed E-state index contributed by atoms with van der Waals surface area (Å²) in [6.07, 6.45) is 5.76. The van der Waals surface area contributed by atoms with Crippen LogP contribution in [0.2, 0.25) is 10.0 Å². The van der Waals surface area contributed by atoms with Crippen LogP contribution in [0.1, 0.15) is 23.2 Å². The van der Waals surface area contributed by atoms with Gasteiger partial charge in [0.05, 0.1) is 22.5 Å². The highest BCUT2D eigenvalue weighted by atomic mass is 35.5. The molecule has 0 radical (unpaired) electrons. The maximum atomic E-state index is 12.3. The van der Waals surface area contributed by atoms with Gasteiger partial charge in [-0.05, 0) is 49.1 Å². The summed E-state index contributed by atoms with van der Waals surface area (Å²) in [5.41, 5.74) is 1.59. The summed E-state index contributed by atoms with van der Waals surface area (Å²) in [5, 5.41) is 3.91. The molecule has 1 aliphatic heterocycles. The molecule has 1 saturated heterocycles. The van der Waals surface area contributed by atoms with Crippen molar-refractivity contribution >= 4 is 34.8 Å². The molecule has 1 fully saturated rings. The van der Waals surface area contributed by atoms with E-state index in [1.807, 2.05) is 12.3 Å². The molecule has 0 bridgehead atoms. The largest absolute Gasteiger partial charge is 0.370 e. The normalized spacial score (nSPS) is 15.3. The molecule has 126 valence electrons. The van der Waals surface area contributed by atoms with Gasteiger partial charge in [-0.1, -0.05) is 23.2 Å². The van der Waals surface area contributed by atoms with E-state index in [4.69, 9.17) is 23.2 Å². The third kappa shape index (κ3) is 4.19. The van der Waals surface area contributed by atoms with Gasteiger partial charge in [0.15, 0.2) is 0 Å². The van der Waals surface area contributed by atoms with E-state index in [-0.39, 0.29) is 5.91 Å². The highest BCUT2D eigenvalue weighted by molar-refractivity contribution is 6.35. The number of aromatic nitrogens is 1. The van der Waals surface area contributed by atoms with E-state index in [9.17, 15) is 4.79 Å². The maximum Gasteiger partial charge on any atom is 0.252 e. The summed E-state index contributed by atoms with van der Waals surface area (Å²) in [4.78, 5) is 18.8. The van der Waals surface area contributed by atoms with Gasteiger partial charge in [0.25, 0.3) is 5.91 Å². The van der Waals surface area contributed by atoms with Gasteiger partial charge >= 0.3 is 0 Å². The molecule has 0 saturated carbocycles. The quantitative estimate of drug-likeness (QED) is 0.891. The van der Waals surface area contributed by atoms with Crippen molar-refractivity contribution in [3.63, 3.8) is 0 Å². The minimum Gasteiger partial charge on any atom is -0.370 e. The first-order valence-corrected chi connectivity index (χ1v) is 8.77. The van der Waals surface area contributed by atoms with E-state index in [2.05, 4.69) is 21.3 Å². The number of benzene rings is 1. The van der Waals surface area contributed by atoms with Crippen molar-refractivity contribution in [2.75, 3.05) is 24.5 Å². The SMILES string of the molecule is O=C(NCC1CCN(c2cccnc2)CC1)c1cc(Cl)ccc1Cl. The number of hydrogen-bond donors (Lipinski definition) is 1. The van der Waals surface area contributed by atoms with Crippen molar-refractivity contribution in [3.8, 4) is 0 Å². The minimum absolute atomic E-state index is 0.169. The highest BCUT2D eigenvalue weighted by Gasteiger charge is 2.20. The van der Waals surface area contributed by atoms with Gasteiger partial charge in [-0.15, -0.1) is 0 Å². The molecule has 0 aliphatic carbocycles. The summed E-state index contributed by atoms with van der Waals surface area (Å²) in [6, 6.07) is 8.96. The van der Waals surface area contributed by atoms with Crippen molar-refractivity contribution in [2.24, 2.45) is 5.92 Å². The molecule has 1 aromatic carbocycles. The molecule has 0 unspecified atom stereocenters. The van der Waals surface area contributed by atoms with E-state index < -0.39 is 0 Å². The number of carbonyl (C=O) groups excluding carboxylic acids is 1. The molecule has 1 aromatic heterocycles. The first-order chi connectivity index (χ1) is 11.6. The number of nitrogens with zero attached hydrogens (tertiary/aromatic N) is 2. The lowest BCUT2D eigenvalue weighted by atomic mass is 9.96. The smallest absolute Gasteiger partial charge is 0.252 e. The van der Waals surface area contributed by atoms with Crippen molar-refractivity contribution in [1.29, 1.82) is 0 Å². The minimum atomic E-state index is -0.169. The van der Waals surface area contributed by atoms with Gasteiger partial charge < -0.3 is 10.2 Å². The number of amides is 1. The Morgan fingerprint density at radius 3 is 2.75 bits per heavy atom. The van der Waals surface area contributed by atoms with Gasteiger partial charge in [0.1, 0.15) is 0 Å². The van der Waals surface area contributed by atoms with Crippen LogP contribution < -0.4 is 10.2 Å². The van der Waals surface area contributed by atoms with Crippen molar-refractivity contribution in [1.82, 2.24) is 10.3 Å². The van der Waals surface area contributed by atoms with Gasteiger partial charge in [0, 0.05) is 30.9 Å². The summed E-state index contributed by atoms with van der Waals surface area (Å²) in [6.45, 7) is 2.61. The van der Waals surface area contributed by atoms with Crippen LogP contribution in [0.3, 0.4) is 0 Å². The Labute approximate surface area is 151 Å². The first-order valence-electron chi connectivity index (χ1n) is 8.01. The lowest BCUT2D eigenvalue weighted by molar-refractivity contribution is 0.0945. The van der Waals surface area contributed by atoms with E-state index >= 15 is 0 Å². The lowest BCUT2D eigenvalue weighted by Crippen LogP contribution is -2.38. The highest BCUT2D eigenvalue weighted by Crippen LogP contribution is 2.23. The number of carbonyl (C=O) groups is 1. The van der Waals surface area contributed by atoms with E-state index in [1.54, 1.807) is 24.4 Å². The Bertz CT molecular complexity index is 701. The predicted molar refractivity (Wildman–Crippen MR) is 98.0 cm³/mol. The zero-order valence-electron chi connectivity index (χ0n) is 13.2. The second kappa shape index (κ2) is 7.86. The first kappa shape index (κ1) is 17.1. The molecule has 0 atom stereocenters. The van der Waals surface area contributed by atoms with Gasteiger partial charge in [-0.2, -0.15) is 0 Å². The molecule has 1 N–H and O–H groups in total. The molecule has 2 heterocycles. The summed E-state index contributed by atoms with van der Waals surface area (Å²) >= 11 is 12.0. The zero-order chi connectivity index (χ0) is 16.9. The summed E-state index contributed by atoms with van der Waals surface area (Å²) < 4.78 is 0. The van der Waals surface area contributed by atoms with E-state index in [0.29, 0.717) is 28.1 Å². The van der Waals surface area contributed by atoms with Crippen LogP contribution in [0.5, 0.6) is 0 Å². The number of pyridine rings is 1. The molecule has 1 amide bonds. The molecule has 4 nitrogen and oxygen atoms in total. The van der Waals surface area contributed by atoms with Crippen LogP contribution in [0.25, 0.3) is 0 Å². The lowest BCUT2D eigenvalue weighted by Gasteiger charge is -2.33. The van der Waals surface area contributed by atoms with Crippen LogP contribution in [-0.4, -0.2) is 30.5 Å². The molecular weight excluding hydrogens is 345 g/mol. The van der Waals surface area contributed by atoms with E-state index in [1.165, 1.54) is 0 Å². The summed E-state index contributed by atoms with van der Waals surface area (Å²) in [7, 11) is 0. The van der Waals surface area contributed by atoms with Crippen molar-refractivity contribution < 1.29 is 4.79 Å². The standard InChI is InChI=1S/C18H19Cl2N3O/c19-14-3-4-17(20)16(10-14)18(24)22-11-13-5-8-23(9-6-13)15-2-1-7-21-12-15/h1-4,7,10,12-13H,5-6,8-9,11H2,(H,22,24). The average Bonchev–Trinajstić information content (AvgIpc) is 2.63. The molecule has 24 heavy (non-hydrogen) atoms. The molecule has 3 rings (SSSR count). The molecular formula is C18H19Cl2N3O. The van der Waals surface area contributed by atoms with Crippen LogP contribution in [0, 0.1) is 5.92 Å². The zero-order valence-corrected chi connectivity index (χ0v) is 14.7. The van der Waals surface area contributed by atoms with Crippen LogP contribution in [0.15, 0.2) is 42.7 Å². The number of rotatable bonds is 4. The molecule has 0 spiro atoms. The molecule has 2 aromatic rings. The fourth-order valence-electron chi connectivity index (χ4n) is 2.94. The molecule has 6 heteroatoms. The number of anilines is 1. The third-order valence-electron chi connectivity index (χ3n) is 4.35. The van der Waals surface area contributed by atoms with Crippen LogP contribution >= 0.6 is 23.2 Å². The average molecular weight is 364 g/mol. The Balaban J connectivity index is 1.50. The molecule has 1 aliphatic rings. The Hall–Kier alpha value is -1.78. The van der Waals surface area contributed by atoms with Crippen LogP contribution in [-0.2, 0) is 0 Å². The van der Waals surface area contributed by atoms with E-state index in [0.717, 1.165) is 31.6 Å². The fourth-order valence-corrected chi connectivity index (χ4v) is 3.32. The monoisotopic (exact) mass is 363 g/mol. The van der Waals surface area contributed by atoms with Crippen molar-refractivity contribution in [2.45, 2.75) is 12.8 Å². The van der Waals surface area contributed by atoms with Gasteiger partial charge in [-0.3, -0.25) is 9.78 Å². The van der Waals surface area contributed by atoms with Gasteiger partial charge in [0.2, 0.25) is 0 Å². The fraction of sp³-hybridized carbons (Fsp3) is 0.333. The number of nitrogens with one attached hydrogen (secondary N) is 1. The number of halogens is 2. The second-order valence-electron chi connectivity index (χ2n) is 5.98. The Morgan fingerprint density at radius 1 is 1.25 bits per heavy atom. The Morgan fingerprint density at radius 2 is 2.04 bits per heavy atom. The maximum absolute atomic E-state index is 12.3. The number of hydrogen-bond acceptors (Lipinski definition) is 3. The predicted octanol–water partition coefficient (Wildman–Crippen LogP) is 4.03.